The van der Waals surface area contributed by atoms with Gasteiger partial charge in [0.15, 0.2) is 5.13 Å². The third-order valence-corrected chi connectivity index (χ3v) is 3.86. The molecular weight excluding hydrogens is 280 g/mol. The van der Waals surface area contributed by atoms with Crippen LogP contribution in [0.15, 0.2) is 60.0 Å². The van der Waals surface area contributed by atoms with Gasteiger partial charge in [-0.2, -0.15) is 0 Å². The van der Waals surface area contributed by atoms with Crippen molar-refractivity contribution in [2.45, 2.75) is 6.42 Å². The van der Waals surface area contributed by atoms with Gasteiger partial charge < -0.3 is 10.1 Å². The van der Waals surface area contributed by atoms with Crippen LogP contribution in [0.5, 0.6) is 0 Å². The van der Waals surface area contributed by atoms with Crippen molar-refractivity contribution in [2.24, 2.45) is 0 Å². The van der Waals surface area contributed by atoms with E-state index < -0.39 is 0 Å². The van der Waals surface area contributed by atoms with Crippen LogP contribution in [0.25, 0.3) is 11.3 Å². The zero-order valence-electron chi connectivity index (χ0n) is 11.3. The van der Waals surface area contributed by atoms with Crippen LogP contribution in [0.4, 0.5) is 10.8 Å². The van der Waals surface area contributed by atoms with E-state index in [-0.39, 0.29) is 0 Å². The van der Waals surface area contributed by atoms with Crippen molar-refractivity contribution in [1.29, 1.82) is 0 Å². The van der Waals surface area contributed by atoms with E-state index >= 15 is 0 Å². The molecule has 1 N–H and O–H groups in total. The smallest absolute Gasteiger partial charge is 0.187 e. The van der Waals surface area contributed by atoms with Crippen molar-refractivity contribution < 1.29 is 4.79 Å². The first kappa shape index (κ1) is 13.5. The number of hydrogen-bond donors (Lipinski definition) is 1. The minimum Gasteiger partial charge on any atom is -0.332 e. The van der Waals surface area contributed by atoms with Gasteiger partial charge in [0, 0.05) is 23.1 Å². The van der Waals surface area contributed by atoms with E-state index in [1.54, 1.807) is 11.3 Å². The van der Waals surface area contributed by atoms with E-state index in [9.17, 15) is 4.79 Å². The van der Waals surface area contributed by atoms with Gasteiger partial charge in [0.05, 0.1) is 5.69 Å². The summed E-state index contributed by atoms with van der Waals surface area (Å²) in [6.45, 7) is 0. The van der Waals surface area contributed by atoms with E-state index in [1.165, 1.54) is 0 Å². The molecule has 0 amide bonds. The first-order valence-electron chi connectivity index (χ1n) is 6.66. The molecule has 0 bridgehead atoms. The fraction of sp³-hybridized carbons (Fsp3) is 0.0588. The summed E-state index contributed by atoms with van der Waals surface area (Å²) >= 11 is 1.58. The standard InChI is InChI=1S/C17H14N2OS/c20-11-10-13-6-8-15(9-7-13)18-17-19-16(12-21-17)14-4-2-1-3-5-14/h1-9,11-12H,10H2,(H,18,19). The number of aromatic nitrogens is 1. The molecule has 0 atom stereocenters. The van der Waals surface area contributed by atoms with Crippen LogP contribution >= 0.6 is 11.3 Å². The molecule has 0 aliphatic carbocycles. The van der Waals surface area contributed by atoms with Crippen LogP contribution in [0.2, 0.25) is 0 Å². The molecule has 0 saturated heterocycles. The van der Waals surface area contributed by atoms with Crippen molar-refractivity contribution in [1.82, 2.24) is 4.98 Å². The van der Waals surface area contributed by atoms with Gasteiger partial charge in [-0.1, -0.05) is 42.5 Å². The Morgan fingerprint density at radius 3 is 2.52 bits per heavy atom. The average Bonchev–Trinajstić information content (AvgIpc) is 2.99. The number of benzene rings is 2. The Balaban J connectivity index is 1.74. The number of aldehydes is 1. The summed E-state index contributed by atoms with van der Waals surface area (Å²) < 4.78 is 0. The lowest BCUT2D eigenvalue weighted by atomic mass is 10.1. The number of nitrogens with zero attached hydrogens (tertiary/aromatic N) is 1. The lowest BCUT2D eigenvalue weighted by Crippen LogP contribution is -1.91. The molecule has 0 aliphatic rings. The van der Waals surface area contributed by atoms with Gasteiger partial charge in [-0.05, 0) is 17.7 Å². The van der Waals surface area contributed by atoms with Crippen molar-refractivity contribution in [3.63, 3.8) is 0 Å². The van der Waals surface area contributed by atoms with E-state index in [1.807, 2.05) is 60.0 Å². The minimum absolute atomic E-state index is 0.454. The number of rotatable bonds is 5. The maximum Gasteiger partial charge on any atom is 0.187 e. The van der Waals surface area contributed by atoms with Crippen LogP contribution in [0, 0.1) is 0 Å². The molecule has 2 aromatic carbocycles. The highest BCUT2D eigenvalue weighted by Crippen LogP contribution is 2.27. The number of hydrogen-bond acceptors (Lipinski definition) is 4. The monoisotopic (exact) mass is 294 g/mol. The molecule has 3 aromatic rings. The molecule has 0 unspecified atom stereocenters. The van der Waals surface area contributed by atoms with Crippen molar-refractivity contribution in [3.8, 4) is 11.3 Å². The van der Waals surface area contributed by atoms with Gasteiger partial charge in [-0.15, -0.1) is 11.3 Å². The zero-order valence-corrected chi connectivity index (χ0v) is 12.1. The van der Waals surface area contributed by atoms with E-state index in [2.05, 4.69) is 10.3 Å². The average molecular weight is 294 g/mol. The molecule has 4 heteroatoms. The van der Waals surface area contributed by atoms with Gasteiger partial charge in [0.1, 0.15) is 6.29 Å². The Bertz CT molecular complexity index is 720. The van der Waals surface area contributed by atoms with Crippen LogP contribution in [-0.2, 0) is 11.2 Å². The number of carbonyl (C=O) groups excluding carboxylic acids is 1. The first-order valence-corrected chi connectivity index (χ1v) is 7.53. The van der Waals surface area contributed by atoms with Crippen molar-refractivity contribution in [3.05, 3.63) is 65.5 Å². The lowest BCUT2D eigenvalue weighted by Gasteiger charge is -2.03. The highest BCUT2D eigenvalue weighted by atomic mass is 32.1. The second kappa shape index (κ2) is 6.33. The number of nitrogens with one attached hydrogen (secondary N) is 1. The van der Waals surface area contributed by atoms with Crippen LogP contribution in [0.1, 0.15) is 5.56 Å². The van der Waals surface area contributed by atoms with E-state index in [0.717, 1.165) is 33.9 Å². The summed E-state index contributed by atoms with van der Waals surface area (Å²) in [5, 5.41) is 6.18. The lowest BCUT2D eigenvalue weighted by molar-refractivity contribution is -0.107. The molecule has 0 radical (unpaired) electrons. The SMILES string of the molecule is O=CCc1ccc(Nc2nc(-c3ccccc3)cs2)cc1. The number of anilines is 2. The van der Waals surface area contributed by atoms with Crippen LogP contribution < -0.4 is 5.32 Å². The summed E-state index contributed by atoms with van der Waals surface area (Å²) in [6, 6.07) is 17.9. The highest BCUT2D eigenvalue weighted by Gasteiger charge is 2.04. The third-order valence-electron chi connectivity index (χ3n) is 3.10. The van der Waals surface area contributed by atoms with Gasteiger partial charge in [0.25, 0.3) is 0 Å². The Kier molecular flexibility index (Phi) is 4.07. The Labute approximate surface area is 127 Å². The fourth-order valence-corrected chi connectivity index (χ4v) is 2.76. The second-order valence-corrected chi connectivity index (χ2v) is 5.45. The molecule has 21 heavy (non-hydrogen) atoms. The molecule has 3 rings (SSSR count). The Morgan fingerprint density at radius 1 is 1.05 bits per heavy atom. The second-order valence-electron chi connectivity index (χ2n) is 4.60. The van der Waals surface area contributed by atoms with E-state index in [0.29, 0.717) is 6.42 Å². The Hall–Kier alpha value is -2.46. The zero-order chi connectivity index (χ0) is 14.5. The van der Waals surface area contributed by atoms with Crippen LogP contribution in [0.3, 0.4) is 0 Å². The summed E-state index contributed by atoms with van der Waals surface area (Å²) in [7, 11) is 0. The summed E-state index contributed by atoms with van der Waals surface area (Å²) in [6.07, 6.45) is 1.37. The number of carbonyl (C=O) groups is 1. The highest BCUT2D eigenvalue weighted by molar-refractivity contribution is 7.14. The van der Waals surface area contributed by atoms with Crippen molar-refractivity contribution in [2.75, 3.05) is 5.32 Å². The predicted molar refractivity (Wildman–Crippen MR) is 87.0 cm³/mol. The fourth-order valence-electron chi connectivity index (χ4n) is 2.02. The normalized spacial score (nSPS) is 10.3. The van der Waals surface area contributed by atoms with Gasteiger partial charge in [-0.25, -0.2) is 4.98 Å². The molecule has 3 nitrogen and oxygen atoms in total. The van der Waals surface area contributed by atoms with E-state index in [4.69, 9.17) is 0 Å². The first-order chi connectivity index (χ1) is 10.3. The summed E-state index contributed by atoms with van der Waals surface area (Å²) in [5.74, 6) is 0. The Morgan fingerprint density at radius 2 is 1.81 bits per heavy atom. The molecule has 0 saturated carbocycles. The molecule has 1 aromatic heterocycles. The molecule has 104 valence electrons. The third kappa shape index (κ3) is 3.35. The topological polar surface area (TPSA) is 42.0 Å². The summed E-state index contributed by atoms with van der Waals surface area (Å²) in [5.41, 5.74) is 4.07. The maximum absolute atomic E-state index is 10.5. The van der Waals surface area contributed by atoms with Crippen molar-refractivity contribution >= 4 is 28.4 Å². The number of thiazole rings is 1. The maximum atomic E-state index is 10.5. The summed E-state index contributed by atoms with van der Waals surface area (Å²) in [4.78, 5) is 15.0. The molecule has 1 heterocycles. The molecule has 0 spiro atoms. The van der Waals surface area contributed by atoms with Gasteiger partial charge in [-0.3, -0.25) is 0 Å². The van der Waals surface area contributed by atoms with Gasteiger partial charge >= 0.3 is 0 Å². The molecule has 0 fully saturated rings. The van der Waals surface area contributed by atoms with Crippen LogP contribution in [-0.4, -0.2) is 11.3 Å². The van der Waals surface area contributed by atoms with Gasteiger partial charge in [0.2, 0.25) is 0 Å². The largest absolute Gasteiger partial charge is 0.332 e. The quantitative estimate of drug-likeness (QED) is 0.714. The molecular formula is C17H14N2OS. The minimum atomic E-state index is 0.454. The molecule has 0 aliphatic heterocycles. The predicted octanol–water partition coefficient (Wildman–Crippen LogP) is 4.30.